The number of carbonyl (C=O) groups is 1. The number of nitrogens with one attached hydrogen (secondary N) is 2. The maximum Gasteiger partial charge on any atom is 0.247 e. The molecular formula is C12H17N3OS. The van der Waals surface area contributed by atoms with E-state index >= 15 is 0 Å². The smallest absolute Gasteiger partial charge is 0.247 e. The fourth-order valence-corrected chi connectivity index (χ4v) is 2.42. The predicted octanol–water partition coefficient (Wildman–Crippen LogP) is 1.55. The second kappa shape index (κ2) is 4.98. The summed E-state index contributed by atoms with van der Waals surface area (Å²) < 4.78 is 0. The minimum absolute atomic E-state index is 0.0156. The Morgan fingerprint density at radius 2 is 2.29 bits per heavy atom. The lowest BCUT2D eigenvalue weighted by Gasteiger charge is -2.22. The molecule has 0 radical (unpaired) electrons. The van der Waals surface area contributed by atoms with E-state index in [0.29, 0.717) is 0 Å². The molecule has 1 amide bonds. The summed E-state index contributed by atoms with van der Waals surface area (Å²) in [5, 5.41) is 9.08. The van der Waals surface area contributed by atoms with E-state index in [9.17, 15) is 4.79 Å². The van der Waals surface area contributed by atoms with E-state index in [1.165, 1.54) is 5.57 Å². The van der Waals surface area contributed by atoms with Crippen LogP contribution in [0.4, 0.5) is 0 Å². The van der Waals surface area contributed by atoms with E-state index in [-0.39, 0.29) is 11.9 Å². The fourth-order valence-electron chi connectivity index (χ4n) is 1.61. The molecule has 2 heterocycles. The molecule has 0 bridgehead atoms. The molecule has 1 fully saturated rings. The lowest BCUT2D eigenvalue weighted by molar-refractivity contribution is -0.118. The van der Waals surface area contributed by atoms with Gasteiger partial charge in [-0.1, -0.05) is 0 Å². The number of hydrogen-bond acceptors (Lipinski definition) is 4. The lowest BCUT2D eigenvalue weighted by atomic mass is 10.0. The molecule has 1 aromatic heterocycles. The van der Waals surface area contributed by atoms with Gasteiger partial charge in [-0.2, -0.15) is 0 Å². The van der Waals surface area contributed by atoms with Crippen LogP contribution in [0, 0.1) is 6.92 Å². The van der Waals surface area contributed by atoms with Crippen molar-refractivity contribution in [3.63, 3.8) is 0 Å². The molecule has 92 valence electrons. The van der Waals surface area contributed by atoms with Gasteiger partial charge in [0.05, 0.1) is 6.04 Å². The van der Waals surface area contributed by atoms with Crippen molar-refractivity contribution in [2.45, 2.75) is 26.8 Å². The number of aryl methyl sites for hydroxylation is 1. The first kappa shape index (κ1) is 12.3. The molecule has 1 atom stereocenters. The third-order valence-electron chi connectivity index (χ3n) is 2.90. The Morgan fingerprint density at radius 1 is 1.59 bits per heavy atom. The standard InChI is InChI=1S/C12H17N3OS/c1-7-6-17-12(14-7)9(3)15-11(16)8(2)10-4-13-5-10/h6,9,13H,4-5H2,1-3H3,(H,15,16). The molecular weight excluding hydrogens is 234 g/mol. The van der Waals surface area contributed by atoms with Crippen molar-refractivity contribution in [3.05, 3.63) is 27.2 Å². The number of nitrogens with zero attached hydrogens (tertiary/aromatic N) is 1. The van der Waals surface area contributed by atoms with E-state index in [1.54, 1.807) is 11.3 Å². The van der Waals surface area contributed by atoms with E-state index in [1.807, 2.05) is 26.2 Å². The van der Waals surface area contributed by atoms with Crippen LogP contribution >= 0.6 is 11.3 Å². The van der Waals surface area contributed by atoms with Gasteiger partial charge in [0.2, 0.25) is 5.91 Å². The van der Waals surface area contributed by atoms with Gasteiger partial charge in [0.15, 0.2) is 0 Å². The molecule has 1 saturated heterocycles. The molecule has 0 saturated carbocycles. The Labute approximate surface area is 105 Å². The second-order valence-corrected chi connectivity index (χ2v) is 5.24. The summed E-state index contributed by atoms with van der Waals surface area (Å²) in [4.78, 5) is 16.3. The normalized spacial score (nSPS) is 16.3. The molecule has 1 unspecified atom stereocenters. The van der Waals surface area contributed by atoms with E-state index in [4.69, 9.17) is 0 Å². The van der Waals surface area contributed by atoms with Crippen LogP contribution in [0.2, 0.25) is 0 Å². The van der Waals surface area contributed by atoms with Gasteiger partial charge in [0.1, 0.15) is 5.01 Å². The van der Waals surface area contributed by atoms with Gasteiger partial charge >= 0.3 is 0 Å². The highest BCUT2D eigenvalue weighted by Crippen LogP contribution is 2.18. The van der Waals surface area contributed by atoms with Crippen LogP contribution in [-0.4, -0.2) is 24.0 Å². The third kappa shape index (κ3) is 2.73. The first-order valence-electron chi connectivity index (χ1n) is 5.70. The van der Waals surface area contributed by atoms with Gasteiger partial charge in [-0.05, 0) is 26.3 Å². The van der Waals surface area contributed by atoms with Gasteiger partial charge in [-0.25, -0.2) is 4.98 Å². The minimum Gasteiger partial charge on any atom is -0.343 e. The molecule has 1 aliphatic heterocycles. The van der Waals surface area contributed by atoms with E-state index in [2.05, 4.69) is 15.6 Å². The van der Waals surface area contributed by atoms with Gasteiger partial charge in [-0.3, -0.25) is 4.79 Å². The van der Waals surface area contributed by atoms with Gasteiger partial charge in [0, 0.05) is 29.7 Å². The largest absolute Gasteiger partial charge is 0.343 e. The van der Waals surface area contributed by atoms with Crippen molar-refractivity contribution in [1.82, 2.24) is 15.6 Å². The average molecular weight is 251 g/mol. The third-order valence-corrected chi connectivity index (χ3v) is 4.05. The van der Waals surface area contributed by atoms with Crippen LogP contribution in [0.1, 0.15) is 30.6 Å². The van der Waals surface area contributed by atoms with Crippen molar-refractivity contribution in [2.24, 2.45) is 0 Å². The molecule has 2 N–H and O–H groups in total. The fraction of sp³-hybridized carbons (Fsp3) is 0.500. The van der Waals surface area contributed by atoms with Crippen LogP contribution in [-0.2, 0) is 4.79 Å². The molecule has 4 nitrogen and oxygen atoms in total. The summed E-state index contributed by atoms with van der Waals surface area (Å²) in [5.41, 5.74) is 3.04. The lowest BCUT2D eigenvalue weighted by Crippen LogP contribution is -2.38. The highest BCUT2D eigenvalue weighted by Gasteiger charge is 2.18. The van der Waals surface area contributed by atoms with E-state index in [0.717, 1.165) is 29.4 Å². The summed E-state index contributed by atoms with van der Waals surface area (Å²) in [7, 11) is 0. The van der Waals surface area contributed by atoms with Crippen LogP contribution in [0.5, 0.6) is 0 Å². The molecule has 1 aromatic rings. The molecule has 2 rings (SSSR count). The molecule has 0 spiro atoms. The Bertz CT molecular complexity index is 458. The van der Waals surface area contributed by atoms with Crippen LogP contribution in [0.3, 0.4) is 0 Å². The summed E-state index contributed by atoms with van der Waals surface area (Å²) in [5.74, 6) is 0.0156. The Hall–Kier alpha value is -1.20. The van der Waals surface area contributed by atoms with E-state index < -0.39 is 0 Å². The van der Waals surface area contributed by atoms with Crippen molar-refractivity contribution in [3.8, 4) is 0 Å². The summed E-state index contributed by atoms with van der Waals surface area (Å²) in [6, 6.07) is -0.0233. The summed E-state index contributed by atoms with van der Waals surface area (Å²) in [6.07, 6.45) is 0. The second-order valence-electron chi connectivity index (χ2n) is 4.35. The highest BCUT2D eigenvalue weighted by atomic mass is 32.1. The zero-order valence-electron chi connectivity index (χ0n) is 10.3. The number of amides is 1. The monoisotopic (exact) mass is 251 g/mol. The summed E-state index contributed by atoms with van der Waals surface area (Å²) in [6.45, 7) is 7.48. The number of aromatic nitrogens is 1. The van der Waals surface area contributed by atoms with Crippen molar-refractivity contribution in [1.29, 1.82) is 0 Å². The first-order valence-corrected chi connectivity index (χ1v) is 6.58. The molecule has 1 aliphatic rings. The Balaban J connectivity index is 1.99. The average Bonchev–Trinajstić information content (AvgIpc) is 2.62. The summed E-state index contributed by atoms with van der Waals surface area (Å²) >= 11 is 1.59. The first-order chi connectivity index (χ1) is 8.08. The number of thiazole rings is 1. The van der Waals surface area contributed by atoms with Crippen molar-refractivity contribution in [2.75, 3.05) is 13.1 Å². The Morgan fingerprint density at radius 3 is 2.76 bits per heavy atom. The quantitative estimate of drug-likeness (QED) is 0.801. The maximum atomic E-state index is 11.9. The van der Waals surface area contributed by atoms with Crippen LogP contribution in [0.15, 0.2) is 16.5 Å². The Kier molecular flexibility index (Phi) is 3.59. The highest BCUT2D eigenvalue weighted by molar-refractivity contribution is 7.09. The SMILES string of the molecule is CC(C(=O)NC(C)c1nc(C)cs1)=C1CNC1. The maximum absolute atomic E-state index is 11.9. The number of rotatable bonds is 3. The van der Waals surface area contributed by atoms with Crippen molar-refractivity contribution < 1.29 is 4.79 Å². The van der Waals surface area contributed by atoms with Crippen LogP contribution < -0.4 is 10.6 Å². The molecule has 17 heavy (non-hydrogen) atoms. The molecule has 0 aromatic carbocycles. The van der Waals surface area contributed by atoms with Crippen molar-refractivity contribution >= 4 is 17.2 Å². The zero-order valence-corrected chi connectivity index (χ0v) is 11.1. The van der Waals surface area contributed by atoms with Gasteiger partial charge in [0.25, 0.3) is 0 Å². The minimum atomic E-state index is -0.0233. The molecule has 5 heteroatoms. The predicted molar refractivity (Wildman–Crippen MR) is 69.0 cm³/mol. The number of hydrogen-bond donors (Lipinski definition) is 2. The van der Waals surface area contributed by atoms with Gasteiger partial charge in [-0.15, -0.1) is 11.3 Å². The van der Waals surface area contributed by atoms with Gasteiger partial charge < -0.3 is 10.6 Å². The topological polar surface area (TPSA) is 54.0 Å². The van der Waals surface area contributed by atoms with Crippen LogP contribution in [0.25, 0.3) is 0 Å². The number of carbonyl (C=O) groups excluding carboxylic acids is 1. The zero-order chi connectivity index (χ0) is 12.4. The molecule has 0 aliphatic carbocycles.